The molecule has 0 radical (unpaired) electrons. The van der Waals surface area contributed by atoms with E-state index in [2.05, 4.69) is 0 Å². The summed E-state index contributed by atoms with van der Waals surface area (Å²) in [5, 5.41) is 10.1. The van der Waals surface area contributed by atoms with Crippen LogP contribution in [0, 0.1) is 5.82 Å². The van der Waals surface area contributed by atoms with Crippen LogP contribution in [-0.2, 0) is 21.2 Å². The van der Waals surface area contributed by atoms with E-state index in [0.29, 0.717) is 0 Å². The molecule has 1 aliphatic rings. The van der Waals surface area contributed by atoms with Crippen LogP contribution in [0.15, 0.2) is 35.2 Å². The standard InChI is InChI=1S/C16H13ClF2O5S/c1-8(18)25(21,22)14-3-2-13(15-12(14)7-23-16(15)20)24-11-5-9(17)4-10(19)6-11/h2-6,8,16,20H,7H2,1H3. The summed E-state index contributed by atoms with van der Waals surface area (Å²) in [5.41, 5.74) is -1.96. The van der Waals surface area contributed by atoms with Gasteiger partial charge in [0.15, 0.2) is 6.29 Å². The summed E-state index contributed by atoms with van der Waals surface area (Å²) in [5.74, 6) is -0.505. The number of fused-ring (bicyclic) bond motifs is 1. The first-order valence-corrected chi connectivity index (χ1v) is 9.10. The molecule has 9 heteroatoms. The highest BCUT2D eigenvalue weighted by Gasteiger charge is 2.34. The predicted molar refractivity (Wildman–Crippen MR) is 85.4 cm³/mol. The summed E-state index contributed by atoms with van der Waals surface area (Å²) in [6.07, 6.45) is -1.45. The maximum absolute atomic E-state index is 13.5. The average molecular weight is 391 g/mol. The first kappa shape index (κ1) is 18.1. The van der Waals surface area contributed by atoms with E-state index in [9.17, 15) is 22.3 Å². The molecule has 1 aliphatic heterocycles. The molecule has 2 aromatic rings. The second-order valence-corrected chi connectivity index (χ2v) is 8.03. The SMILES string of the molecule is CC(F)S(=O)(=O)c1ccc(Oc2cc(F)cc(Cl)c2)c2c1COC2O. The van der Waals surface area contributed by atoms with Crippen molar-refractivity contribution >= 4 is 21.4 Å². The van der Waals surface area contributed by atoms with Gasteiger partial charge in [-0.05, 0) is 31.2 Å². The van der Waals surface area contributed by atoms with Crippen LogP contribution < -0.4 is 4.74 Å². The van der Waals surface area contributed by atoms with E-state index >= 15 is 0 Å². The highest BCUT2D eigenvalue weighted by Crippen LogP contribution is 2.42. The normalized spacial score (nSPS) is 18.0. The lowest BCUT2D eigenvalue weighted by molar-refractivity contribution is -0.0926. The van der Waals surface area contributed by atoms with Crippen LogP contribution in [0.1, 0.15) is 24.3 Å². The molecule has 0 saturated heterocycles. The van der Waals surface area contributed by atoms with Crippen LogP contribution in [0.25, 0.3) is 0 Å². The molecule has 25 heavy (non-hydrogen) atoms. The van der Waals surface area contributed by atoms with Gasteiger partial charge in [0.1, 0.15) is 17.3 Å². The molecule has 1 N–H and O–H groups in total. The molecule has 2 aromatic carbocycles. The minimum absolute atomic E-state index is 0.0563. The van der Waals surface area contributed by atoms with Crippen LogP contribution in [0.4, 0.5) is 8.78 Å². The minimum atomic E-state index is -4.22. The number of hydrogen-bond acceptors (Lipinski definition) is 5. The Hall–Kier alpha value is -1.74. The molecule has 0 spiro atoms. The van der Waals surface area contributed by atoms with Gasteiger partial charge in [0.2, 0.25) is 15.3 Å². The molecule has 0 aromatic heterocycles. The summed E-state index contributed by atoms with van der Waals surface area (Å²) in [6.45, 7) is 0.687. The van der Waals surface area contributed by atoms with Gasteiger partial charge in [-0.3, -0.25) is 0 Å². The van der Waals surface area contributed by atoms with E-state index < -0.39 is 27.4 Å². The fraction of sp³-hybridized carbons (Fsp3) is 0.250. The monoisotopic (exact) mass is 390 g/mol. The van der Waals surface area contributed by atoms with Crippen molar-refractivity contribution in [1.82, 2.24) is 0 Å². The van der Waals surface area contributed by atoms with Crippen molar-refractivity contribution in [3.8, 4) is 11.5 Å². The maximum atomic E-state index is 13.5. The highest BCUT2D eigenvalue weighted by molar-refractivity contribution is 7.92. The number of sulfone groups is 1. The Morgan fingerprint density at radius 1 is 1.36 bits per heavy atom. The Balaban J connectivity index is 2.10. The summed E-state index contributed by atoms with van der Waals surface area (Å²) in [4.78, 5) is -0.279. The van der Waals surface area contributed by atoms with E-state index in [1.807, 2.05) is 0 Å². The molecule has 1 heterocycles. The molecule has 3 rings (SSSR count). The molecular weight excluding hydrogens is 378 g/mol. The van der Waals surface area contributed by atoms with Crippen molar-refractivity contribution in [2.45, 2.75) is 30.2 Å². The average Bonchev–Trinajstić information content (AvgIpc) is 2.88. The highest BCUT2D eigenvalue weighted by atomic mass is 35.5. The van der Waals surface area contributed by atoms with Crippen LogP contribution in [-0.4, -0.2) is 19.0 Å². The zero-order valence-corrected chi connectivity index (χ0v) is 14.4. The number of benzene rings is 2. The first-order chi connectivity index (χ1) is 11.7. The smallest absolute Gasteiger partial charge is 0.210 e. The van der Waals surface area contributed by atoms with Crippen LogP contribution >= 0.6 is 11.6 Å². The lowest BCUT2D eigenvalue weighted by Crippen LogP contribution is -2.15. The first-order valence-electron chi connectivity index (χ1n) is 7.17. The number of halogens is 3. The van der Waals surface area contributed by atoms with Crippen molar-refractivity contribution < 1.29 is 31.8 Å². The van der Waals surface area contributed by atoms with Crippen molar-refractivity contribution in [3.63, 3.8) is 0 Å². The Morgan fingerprint density at radius 2 is 2.08 bits per heavy atom. The summed E-state index contributed by atoms with van der Waals surface area (Å²) < 4.78 is 61.8. The quantitative estimate of drug-likeness (QED) is 0.857. The van der Waals surface area contributed by atoms with Gasteiger partial charge in [-0.15, -0.1) is 0 Å². The van der Waals surface area contributed by atoms with E-state index in [4.69, 9.17) is 21.1 Å². The van der Waals surface area contributed by atoms with Gasteiger partial charge >= 0.3 is 0 Å². The topological polar surface area (TPSA) is 72.8 Å². The number of alkyl halides is 1. The van der Waals surface area contributed by atoms with E-state index in [-0.39, 0.29) is 39.2 Å². The van der Waals surface area contributed by atoms with Gasteiger partial charge in [0.25, 0.3) is 0 Å². The zero-order valence-electron chi connectivity index (χ0n) is 12.9. The zero-order chi connectivity index (χ0) is 18.4. The molecule has 5 nitrogen and oxygen atoms in total. The fourth-order valence-corrected chi connectivity index (χ4v) is 3.87. The second kappa shape index (κ2) is 6.53. The lowest BCUT2D eigenvalue weighted by Gasteiger charge is -2.15. The van der Waals surface area contributed by atoms with Crippen molar-refractivity contribution in [3.05, 3.63) is 52.3 Å². The fourth-order valence-electron chi connectivity index (χ4n) is 2.53. The van der Waals surface area contributed by atoms with E-state index in [1.54, 1.807) is 0 Å². The molecule has 134 valence electrons. The summed E-state index contributed by atoms with van der Waals surface area (Å²) >= 11 is 5.77. The van der Waals surface area contributed by atoms with Gasteiger partial charge in [-0.1, -0.05) is 11.6 Å². The summed E-state index contributed by atoms with van der Waals surface area (Å²) in [6, 6.07) is 5.95. The van der Waals surface area contributed by atoms with Crippen molar-refractivity contribution in [2.75, 3.05) is 0 Å². The number of hydrogen-bond donors (Lipinski definition) is 1. The van der Waals surface area contributed by atoms with Crippen LogP contribution in [0.3, 0.4) is 0 Å². The molecule has 2 unspecified atom stereocenters. The number of rotatable bonds is 4. The lowest BCUT2D eigenvalue weighted by atomic mass is 10.1. The molecule has 0 aliphatic carbocycles. The molecule has 2 atom stereocenters. The Kier molecular flexibility index (Phi) is 4.72. The third-order valence-electron chi connectivity index (χ3n) is 3.70. The van der Waals surface area contributed by atoms with Crippen molar-refractivity contribution in [2.24, 2.45) is 0 Å². The molecular formula is C16H13ClF2O5S. The number of ether oxygens (including phenoxy) is 2. The second-order valence-electron chi connectivity index (χ2n) is 5.41. The molecule has 0 saturated carbocycles. The molecule has 0 fully saturated rings. The largest absolute Gasteiger partial charge is 0.457 e. The number of aliphatic hydroxyl groups is 1. The maximum Gasteiger partial charge on any atom is 0.210 e. The van der Waals surface area contributed by atoms with Crippen molar-refractivity contribution in [1.29, 1.82) is 0 Å². The molecule has 0 bridgehead atoms. The Bertz CT molecular complexity index is 910. The van der Waals surface area contributed by atoms with E-state index in [1.165, 1.54) is 18.2 Å². The Labute approximate surface area is 147 Å². The summed E-state index contributed by atoms with van der Waals surface area (Å²) in [7, 11) is -4.22. The van der Waals surface area contributed by atoms with E-state index in [0.717, 1.165) is 19.1 Å². The van der Waals surface area contributed by atoms with Crippen LogP contribution in [0.5, 0.6) is 11.5 Å². The third-order valence-corrected chi connectivity index (χ3v) is 5.77. The van der Waals surface area contributed by atoms with Crippen LogP contribution in [0.2, 0.25) is 5.02 Å². The van der Waals surface area contributed by atoms with Gasteiger partial charge in [0.05, 0.1) is 17.1 Å². The third kappa shape index (κ3) is 3.35. The van der Waals surface area contributed by atoms with Gasteiger partial charge in [0, 0.05) is 16.7 Å². The molecule has 0 amide bonds. The number of aliphatic hydroxyl groups excluding tert-OH is 1. The van der Waals surface area contributed by atoms with Gasteiger partial charge in [-0.25, -0.2) is 17.2 Å². The van der Waals surface area contributed by atoms with Gasteiger partial charge < -0.3 is 14.6 Å². The predicted octanol–water partition coefficient (Wildman–Crippen LogP) is 3.88. The minimum Gasteiger partial charge on any atom is -0.457 e. The Morgan fingerprint density at radius 3 is 2.72 bits per heavy atom. The van der Waals surface area contributed by atoms with Gasteiger partial charge in [-0.2, -0.15) is 0 Å².